The fraction of sp³-hybridized carbons (Fsp3) is 0.292. The number of halogens is 1. The van der Waals surface area contributed by atoms with Crippen LogP contribution >= 0.6 is 11.6 Å². The van der Waals surface area contributed by atoms with E-state index in [1.807, 2.05) is 30.3 Å². The van der Waals surface area contributed by atoms with Gasteiger partial charge in [-0.15, -0.1) is 0 Å². The second-order valence-electron chi connectivity index (χ2n) is 7.88. The molecule has 172 valence electrons. The lowest BCUT2D eigenvalue weighted by molar-refractivity contribution is -0.135. The second-order valence-corrected chi connectivity index (χ2v) is 8.29. The lowest BCUT2D eigenvalue weighted by Gasteiger charge is -2.31. The zero-order valence-corrected chi connectivity index (χ0v) is 19.1. The third-order valence-corrected chi connectivity index (χ3v) is 6.21. The Morgan fingerprint density at radius 1 is 1.18 bits per heavy atom. The van der Waals surface area contributed by atoms with E-state index in [-0.39, 0.29) is 24.4 Å². The minimum atomic E-state index is -0.727. The Balaban J connectivity index is 1.44. The van der Waals surface area contributed by atoms with Gasteiger partial charge in [0.2, 0.25) is 5.91 Å². The van der Waals surface area contributed by atoms with Crippen LogP contribution < -0.4 is 15.4 Å². The molecule has 0 saturated carbocycles. The van der Waals surface area contributed by atoms with Crippen LogP contribution in [0.3, 0.4) is 0 Å². The fourth-order valence-corrected chi connectivity index (χ4v) is 4.24. The molecule has 0 radical (unpaired) electrons. The van der Waals surface area contributed by atoms with Gasteiger partial charge in [-0.05, 0) is 30.7 Å². The van der Waals surface area contributed by atoms with Crippen molar-refractivity contribution in [1.82, 2.24) is 20.4 Å². The van der Waals surface area contributed by atoms with E-state index in [2.05, 4.69) is 10.6 Å². The van der Waals surface area contributed by atoms with Gasteiger partial charge >= 0.3 is 6.03 Å². The molecule has 0 saturated heterocycles. The Bertz CT molecular complexity index is 1100. The standard InChI is InChI=1S/C24H25ClN4O4/c1-15(22(30)26-12-13-33-16-8-4-3-5-9-16)29-14-19-20(23(29)31)21(27-24(32)28(19)2)17-10-6-7-11-18(17)25/h3-11,15,21H,12-14H2,1-2H3,(H,26,30)(H,27,32)/t15-,21+/m0/s1. The van der Waals surface area contributed by atoms with Crippen molar-refractivity contribution in [3.63, 3.8) is 0 Å². The van der Waals surface area contributed by atoms with Crippen molar-refractivity contribution in [3.05, 3.63) is 76.5 Å². The van der Waals surface area contributed by atoms with E-state index in [0.717, 1.165) is 5.75 Å². The number of hydrogen-bond acceptors (Lipinski definition) is 4. The van der Waals surface area contributed by atoms with E-state index in [9.17, 15) is 14.4 Å². The van der Waals surface area contributed by atoms with Crippen LogP contribution in [0.5, 0.6) is 5.75 Å². The third kappa shape index (κ3) is 4.52. The summed E-state index contributed by atoms with van der Waals surface area (Å²) in [5, 5.41) is 6.11. The Hall–Kier alpha value is -3.52. The van der Waals surface area contributed by atoms with Gasteiger partial charge in [0.1, 0.15) is 18.4 Å². The molecule has 33 heavy (non-hydrogen) atoms. The highest BCUT2D eigenvalue weighted by Gasteiger charge is 2.45. The van der Waals surface area contributed by atoms with Crippen LogP contribution in [0, 0.1) is 0 Å². The van der Waals surface area contributed by atoms with Crippen molar-refractivity contribution in [2.24, 2.45) is 0 Å². The van der Waals surface area contributed by atoms with E-state index in [0.29, 0.717) is 35.0 Å². The summed E-state index contributed by atoms with van der Waals surface area (Å²) >= 11 is 6.36. The zero-order valence-electron chi connectivity index (χ0n) is 18.4. The Morgan fingerprint density at radius 3 is 2.61 bits per heavy atom. The molecule has 2 atom stereocenters. The summed E-state index contributed by atoms with van der Waals surface area (Å²) in [7, 11) is 1.61. The number of carbonyl (C=O) groups is 3. The third-order valence-electron chi connectivity index (χ3n) is 5.86. The van der Waals surface area contributed by atoms with Gasteiger partial charge in [-0.3, -0.25) is 14.5 Å². The Kier molecular flexibility index (Phi) is 6.55. The number of urea groups is 1. The second kappa shape index (κ2) is 9.54. The number of carbonyl (C=O) groups excluding carboxylic acids is 3. The molecule has 4 rings (SSSR count). The molecule has 2 aliphatic heterocycles. The molecule has 0 aromatic heterocycles. The van der Waals surface area contributed by atoms with Crippen molar-refractivity contribution in [2.75, 3.05) is 26.7 Å². The molecular formula is C24H25ClN4O4. The van der Waals surface area contributed by atoms with Crippen molar-refractivity contribution in [2.45, 2.75) is 19.0 Å². The topological polar surface area (TPSA) is 91.0 Å². The fourth-order valence-electron chi connectivity index (χ4n) is 3.99. The highest BCUT2D eigenvalue weighted by molar-refractivity contribution is 6.31. The molecule has 2 heterocycles. The predicted octanol–water partition coefficient (Wildman–Crippen LogP) is 2.72. The minimum Gasteiger partial charge on any atom is -0.492 e. The molecule has 0 fully saturated rings. The molecular weight excluding hydrogens is 444 g/mol. The molecule has 0 aliphatic carbocycles. The lowest BCUT2D eigenvalue weighted by atomic mass is 9.95. The van der Waals surface area contributed by atoms with Gasteiger partial charge in [-0.25, -0.2) is 4.79 Å². The highest BCUT2D eigenvalue weighted by atomic mass is 35.5. The zero-order chi connectivity index (χ0) is 23.5. The van der Waals surface area contributed by atoms with E-state index in [1.165, 1.54) is 9.80 Å². The summed E-state index contributed by atoms with van der Waals surface area (Å²) < 4.78 is 5.59. The van der Waals surface area contributed by atoms with Gasteiger partial charge < -0.3 is 20.3 Å². The van der Waals surface area contributed by atoms with Crippen LogP contribution in [0.15, 0.2) is 65.9 Å². The highest BCUT2D eigenvalue weighted by Crippen LogP contribution is 2.38. The lowest BCUT2D eigenvalue weighted by Crippen LogP contribution is -2.47. The normalized spacial score (nSPS) is 18.7. The van der Waals surface area contributed by atoms with Crippen LogP contribution in [0.4, 0.5) is 4.79 Å². The molecule has 0 spiro atoms. The summed E-state index contributed by atoms with van der Waals surface area (Å²) in [5.74, 6) is 0.123. The number of rotatable bonds is 7. The van der Waals surface area contributed by atoms with Gasteiger partial charge in [0.05, 0.1) is 30.4 Å². The molecule has 8 nitrogen and oxygen atoms in total. The first kappa shape index (κ1) is 22.7. The van der Waals surface area contributed by atoms with Crippen LogP contribution in [-0.4, -0.2) is 60.4 Å². The summed E-state index contributed by atoms with van der Waals surface area (Å²) in [6, 6.07) is 14.7. The molecule has 2 N–H and O–H groups in total. The molecule has 2 aliphatic rings. The van der Waals surface area contributed by atoms with E-state index in [4.69, 9.17) is 16.3 Å². The first-order valence-corrected chi connectivity index (χ1v) is 11.0. The summed E-state index contributed by atoms with van der Waals surface area (Å²) in [6.45, 7) is 2.44. The molecule has 9 heteroatoms. The molecule has 4 amide bonds. The van der Waals surface area contributed by atoms with Crippen LogP contribution in [0.25, 0.3) is 0 Å². The minimum absolute atomic E-state index is 0.161. The number of hydrogen-bond donors (Lipinski definition) is 2. The molecule has 2 aromatic carbocycles. The van der Waals surface area contributed by atoms with Gasteiger partial charge in [0.25, 0.3) is 5.91 Å². The van der Waals surface area contributed by atoms with Crippen molar-refractivity contribution < 1.29 is 19.1 Å². The van der Waals surface area contributed by atoms with Gasteiger partial charge in [0, 0.05) is 12.1 Å². The van der Waals surface area contributed by atoms with E-state index in [1.54, 1.807) is 38.2 Å². The summed E-state index contributed by atoms with van der Waals surface area (Å²) in [4.78, 5) is 41.6. The van der Waals surface area contributed by atoms with Crippen LogP contribution in [0.1, 0.15) is 18.5 Å². The van der Waals surface area contributed by atoms with Gasteiger partial charge in [0.15, 0.2) is 0 Å². The SMILES string of the molecule is C[C@@H](C(=O)NCCOc1ccccc1)N1CC2=C(C1=O)[C@@H](c1ccccc1Cl)NC(=O)N2C. The van der Waals surface area contributed by atoms with E-state index < -0.39 is 12.1 Å². The number of nitrogens with zero attached hydrogens (tertiary/aromatic N) is 2. The first-order valence-electron chi connectivity index (χ1n) is 10.7. The number of para-hydroxylation sites is 1. The monoisotopic (exact) mass is 468 g/mol. The molecule has 0 bridgehead atoms. The van der Waals surface area contributed by atoms with E-state index >= 15 is 0 Å². The van der Waals surface area contributed by atoms with Gasteiger partial charge in [-0.2, -0.15) is 0 Å². The maximum Gasteiger partial charge on any atom is 0.322 e. The van der Waals surface area contributed by atoms with Crippen molar-refractivity contribution in [1.29, 1.82) is 0 Å². The van der Waals surface area contributed by atoms with Gasteiger partial charge in [-0.1, -0.05) is 48.0 Å². The number of nitrogens with one attached hydrogen (secondary N) is 2. The maximum atomic E-state index is 13.4. The Morgan fingerprint density at radius 2 is 1.88 bits per heavy atom. The number of benzene rings is 2. The summed E-state index contributed by atoms with van der Waals surface area (Å²) in [5.41, 5.74) is 1.64. The Labute approximate surface area is 197 Å². The van der Waals surface area contributed by atoms with Crippen molar-refractivity contribution in [3.8, 4) is 5.75 Å². The molecule has 2 aromatic rings. The maximum absolute atomic E-state index is 13.4. The summed E-state index contributed by atoms with van der Waals surface area (Å²) in [6.07, 6.45) is 0. The number of likely N-dealkylation sites (N-methyl/N-ethyl adjacent to an activating group) is 1. The van der Waals surface area contributed by atoms with Crippen LogP contribution in [-0.2, 0) is 9.59 Å². The smallest absolute Gasteiger partial charge is 0.322 e. The number of ether oxygens (including phenoxy) is 1. The average Bonchev–Trinajstić information content (AvgIpc) is 3.17. The first-order chi connectivity index (χ1) is 15.9. The largest absolute Gasteiger partial charge is 0.492 e. The number of amides is 4. The van der Waals surface area contributed by atoms with Crippen LogP contribution in [0.2, 0.25) is 5.02 Å². The van der Waals surface area contributed by atoms with Crippen molar-refractivity contribution >= 4 is 29.4 Å². The predicted molar refractivity (Wildman–Crippen MR) is 124 cm³/mol. The molecule has 0 unspecified atom stereocenters. The quantitative estimate of drug-likeness (QED) is 0.611. The average molecular weight is 469 g/mol.